The van der Waals surface area contributed by atoms with E-state index in [4.69, 9.17) is 12.2 Å². The van der Waals surface area contributed by atoms with Crippen LogP contribution in [0.5, 0.6) is 0 Å². The van der Waals surface area contributed by atoms with Crippen LogP contribution in [-0.4, -0.2) is 64.2 Å². The molecule has 0 spiro atoms. The summed E-state index contributed by atoms with van der Waals surface area (Å²) in [6, 6.07) is 6.27. The highest BCUT2D eigenvalue weighted by molar-refractivity contribution is 5.98. The van der Waals surface area contributed by atoms with Gasteiger partial charge in [-0.25, -0.2) is 0 Å². The van der Waals surface area contributed by atoms with E-state index in [-0.39, 0.29) is 46.9 Å². The third-order valence-corrected chi connectivity index (χ3v) is 5.09. The molecule has 0 saturated heterocycles. The Labute approximate surface area is 180 Å². The number of hydrogen-bond acceptors (Lipinski definition) is 5. The minimum atomic E-state index is -1.06. The Morgan fingerprint density at radius 1 is 1.07 bits per heavy atom. The Hall–Kier alpha value is -2.45. The van der Waals surface area contributed by atoms with Gasteiger partial charge in [-0.2, -0.15) is 0 Å². The van der Waals surface area contributed by atoms with Gasteiger partial charge in [0.25, 0.3) is 5.91 Å². The molecule has 1 aliphatic rings. The summed E-state index contributed by atoms with van der Waals surface area (Å²) >= 11 is 0. The monoisotopic (exact) mass is 421 g/mol. The lowest BCUT2D eigenvalue weighted by Gasteiger charge is -2.25. The third-order valence-electron chi connectivity index (χ3n) is 5.09. The van der Waals surface area contributed by atoms with Crippen LogP contribution in [0.15, 0.2) is 24.3 Å². The molecule has 30 heavy (non-hydrogen) atoms. The molecule has 0 bridgehead atoms. The van der Waals surface area contributed by atoms with Crippen molar-refractivity contribution in [1.82, 2.24) is 16.0 Å². The van der Waals surface area contributed by atoms with E-state index in [9.17, 15) is 14.4 Å². The maximum atomic E-state index is 12.7. The van der Waals surface area contributed by atoms with E-state index in [1.165, 1.54) is 24.8 Å². The van der Waals surface area contributed by atoms with Crippen LogP contribution >= 0.6 is 0 Å². The van der Waals surface area contributed by atoms with Crippen LogP contribution in [0.2, 0.25) is 0 Å². The summed E-state index contributed by atoms with van der Waals surface area (Å²) in [7, 11) is -0.410. The highest BCUT2D eigenvalue weighted by Gasteiger charge is 2.24. The molecule has 1 saturated carbocycles. The van der Waals surface area contributed by atoms with E-state index in [1.54, 1.807) is 12.1 Å². The van der Waals surface area contributed by atoms with E-state index in [2.05, 4.69) is 16.0 Å². The van der Waals surface area contributed by atoms with E-state index >= 15 is 0 Å². The first-order chi connectivity index (χ1) is 15.5. The number of nitrogens with one attached hydrogen (secondary N) is 3. The summed E-state index contributed by atoms with van der Waals surface area (Å²) < 4.78 is 23.6. The zero-order chi connectivity index (χ0) is 23.2. The van der Waals surface area contributed by atoms with Crippen LogP contribution in [-0.2, 0) is 25.5 Å². The number of amides is 3. The van der Waals surface area contributed by atoms with Crippen molar-refractivity contribution in [1.29, 1.82) is 0 Å². The minimum absolute atomic E-state index is 0.162. The van der Waals surface area contributed by atoms with Gasteiger partial charge < -0.3 is 25.4 Å². The van der Waals surface area contributed by atoms with Crippen LogP contribution in [0.25, 0.3) is 0 Å². The van der Waals surface area contributed by atoms with Crippen LogP contribution in [0.1, 0.15) is 44.3 Å². The molecule has 1 atom stereocenters. The first-order valence-corrected chi connectivity index (χ1v) is 10.2. The minimum Gasteiger partial charge on any atom is -0.383 e. The SMILES string of the molecule is [2H]COCCNC(=O)C[C@H](NC(=O)c1ccc(CC2CCC2)cc1)C(=O)NCCOC[2H]. The summed E-state index contributed by atoms with van der Waals surface area (Å²) in [5, 5.41) is 7.85. The lowest BCUT2D eigenvalue weighted by atomic mass is 9.81. The van der Waals surface area contributed by atoms with E-state index < -0.39 is 23.8 Å². The van der Waals surface area contributed by atoms with Crippen molar-refractivity contribution in [2.45, 2.75) is 38.1 Å². The van der Waals surface area contributed by atoms with Crippen molar-refractivity contribution in [3.05, 3.63) is 35.4 Å². The fourth-order valence-electron chi connectivity index (χ4n) is 3.16. The maximum absolute atomic E-state index is 12.7. The molecule has 1 fully saturated rings. The average molecular weight is 422 g/mol. The molecule has 8 nitrogen and oxygen atoms in total. The van der Waals surface area contributed by atoms with Crippen LogP contribution in [0, 0.1) is 5.92 Å². The van der Waals surface area contributed by atoms with Gasteiger partial charge in [-0.1, -0.05) is 31.4 Å². The number of hydrogen-bond donors (Lipinski definition) is 3. The molecule has 0 aromatic heterocycles. The molecular formula is C22H33N3O5. The molecule has 166 valence electrons. The Kier molecular flexibility index (Phi) is 9.00. The number of rotatable bonds is 13. The molecule has 1 aromatic carbocycles. The predicted molar refractivity (Wildman–Crippen MR) is 113 cm³/mol. The topological polar surface area (TPSA) is 106 Å². The van der Waals surface area contributed by atoms with Crippen LogP contribution < -0.4 is 16.0 Å². The van der Waals surface area contributed by atoms with Gasteiger partial charge in [-0.3, -0.25) is 14.4 Å². The van der Waals surface area contributed by atoms with Crippen molar-refractivity contribution in [2.75, 3.05) is 40.5 Å². The molecular weight excluding hydrogens is 386 g/mol. The van der Waals surface area contributed by atoms with Crippen molar-refractivity contribution in [3.63, 3.8) is 0 Å². The average Bonchev–Trinajstić information content (AvgIpc) is 2.76. The van der Waals surface area contributed by atoms with Gasteiger partial charge in [-0.05, 0) is 30.0 Å². The Balaban J connectivity index is 1.92. The molecule has 2 rings (SSSR count). The smallest absolute Gasteiger partial charge is 0.251 e. The van der Waals surface area contributed by atoms with Gasteiger partial charge in [-0.15, -0.1) is 0 Å². The molecule has 3 amide bonds. The van der Waals surface area contributed by atoms with Crippen LogP contribution in [0.3, 0.4) is 0 Å². The van der Waals surface area contributed by atoms with E-state index in [0.717, 1.165) is 12.3 Å². The Morgan fingerprint density at radius 3 is 2.33 bits per heavy atom. The largest absolute Gasteiger partial charge is 0.383 e. The number of carbonyl (C=O) groups is 3. The summed E-state index contributed by atoms with van der Waals surface area (Å²) in [6.45, 7) is 0.726. The second kappa shape index (κ2) is 13.0. The maximum Gasteiger partial charge on any atom is 0.251 e. The van der Waals surface area contributed by atoms with Gasteiger partial charge in [0.2, 0.25) is 11.8 Å². The van der Waals surface area contributed by atoms with E-state index in [0.29, 0.717) is 5.56 Å². The molecule has 0 aliphatic heterocycles. The molecule has 8 heteroatoms. The van der Waals surface area contributed by atoms with Gasteiger partial charge in [0.1, 0.15) is 6.04 Å². The Bertz CT molecular complexity index is 729. The van der Waals surface area contributed by atoms with Crippen molar-refractivity contribution >= 4 is 17.7 Å². The van der Waals surface area contributed by atoms with Gasteiger partial charge in [0.05, 0.1) is 22.4 Å². The number of methoxy groups -OCH3 is 2. The molecule has 0 heterocycles. The first kappa shape index (κ1) is 20.8. The second-order valence-corrected chi connectivity index (χ2v) is 7.39. The fraction of sp³-hybridized carbons (Fsp3) is 0.591. The van der Waals surface area contributed by atoms with Crippen LogP contribution in [0.4, 0.5) is 0 Å². The van der Waals surface area contributed by atoms with E-state index in [1.807, 2.05) is 12.1 Å². The first-order valence-electron chi connectivity index (χ1n) is 11.6. The van der Waals surface area contributed by atoms with Gasteiger partial charge in [0, 0.05) is 32.8 Å². The number of ether oxygens (including phenoxy) is 2. The summed E-state index contributed by atoms with van der Waals surface area (Å²) in [5.41, 5.74) is 1.60. The molecule has 1 aromatic rings. The zero-order valence-corrected chi connectivity index (χ0v) is 17.3. The zero-order valence-electron chi connectivity index (χ0n) is 19.3. The lowest BCUT2D eigenvalue weighted by molar-refractivity contribution is -0.128. The molecule has 3 N–H and O–H groups in total. The predicted octanol–water partition coefficient (Wildman–Crippen LogP) is 1.04. The molecule has 0 unspecified atom stereocenters. The standard InChI is InChI=1S/C22H33N3O5/c1-29-12-10-23-20(26)15-19(22(28)24-11-13-30-2)25-21(27)18-8-6-17(7-9-18)14-16-4-3-5-16/h6-9,16,19H,3-5,10-15H2,1-2H3,(H,23,26)(H,24,28)(H,25,27)/t19-/m0/s1/i1D,2D. The quantitative estimate of drug-likeness (QED) is 0.413. The second-order valence-electron chi connectivity index (χ2n) is 7.39. The third kappa shape index (κ3) is 8.12. The van der Waals surface area contributed by atoms with Gasteiger partial charge >= 0.3 is 0 Å². The van der Waals surface area contributed by atoms with Crippen molar-refractivity contribution in [2.24, 2.45) is 5.92 Å². The van der Waals surface area contributed by atoms with Crippen molar-refractivity contribution < 1.29 is 26.6 Å². The fourth-order valence-corrected chi connectivity index (χ4v) is 3.16. The molecule has 0 radical (unpaired) electrons. The normalized spacial score (nSPS) is 15.3. The molecule has 1 aliphatic carbocycles. The lowest BCUT2D eigenvalue weighted by Crippen LogP contribution is -2.49. The highest BCUT2D eigenvalue weighted by atomic mass is 16.5. The Morgan fingerprint density at radius 2 is 1.73 bits per heavy atom. The number of carbonyl (C=O) groups excluding carboxylic acids is 3. The summed E-state index contributed by atoms with van der Waals surface area (Å²) in [5.74, 6) is -0.636. The summed E-state index contributed by atoms with van der Waals surface area (Å²) in [4.78, 5) is 37.4. The summed E-state index contributed by atoms with van der Waals surface area (Å²) in [6.07, 6.45) is 4.57. The highest BCUT2D eigenvalue weighted by Crippen LogP contribution is 2.29. The number of benzene rings is 1. The van der Waals surface area contributed by atoms with Crippen molar-refractivity contribution in [3.8, 4) is 0 Å². The van der Waals surface area contributed by atoms with Gasteiger partial charge in [0.15, 0.2) is 0 Å².